The van der Waals surface area contributed by atoms with Crippen molar-refractivity contribution in [2.24, 2.45) is 0 Å². The normalized spacial score (nSPS) is 12.1. The standard InChI is InChI=1S/C17H15BrN4OS/c1-11-5-3-4-6-15(11)22-17(19-20-21-22)24-12(2)16(23)13-7-9-14(18)10-8-13/h3-10,12H,1-2H3/t12-/m1/s1. The van der Waals surface area contributed by atoms with Crippen molar-refractivity contribution in [3.63, 3.8) is 0 Å². The molecule has 1 heterocycles. The second-order valence-corrected chi connectivity index (χ2v) is 7.51. The van der Waals surface area contributed by atoms with E-state index in [4.69, 9.17) is 0 Å². The number of thioether (sulfide) groups is 1. The molecule has 0 bridgehead atoms. The van der Waals surface area contributed by atoms with Crippen LogP contribution in [-0.4, -0.2) is 31.2 Å². The van der Waals surface area contributed by atoms with Gasteiger partial charge in [-0.15, -0.1) is 5.10 Å². The van der Waals surface area contributed by atoms with Gasteiger partial charge in [0.05, 0.1) is 10.9 Å². The van der Waals surface area contributed by atoms with Crippen LogP contribution >= 0.6 is 27.7 Å². The van der Waals surface area contributed by atoms with Gasteiger partial charge in [0, 0.05) is 10.0 Å². The molecule has 3 aromatic rings. The fourth-order valence-electron chi connectivity index (χ4n) is 2.27. The zero-order valence-corrected chi connectivity index (χ0v) is 15.6. The lowest BCUT2D eigenvalue weighted by atomic mass is 10.1. The molecule has 3 rings (SSSR count). The van der Waals surface area contributed by atoms with E-state index in [9.17, 15) is 4.79 Å². The summed E-state index contributed by atoms with van der Waals surface area (Å²) >= 11 is 4.73. The van der Waals surface area contributed by atoms with Gasteiger partial charge < -0.3 is 0 Å². The molecule has 0 amide bonds. The Bertz CT molecular complexity index is 863. The minimum absolute atomic E-state index is 0.0480. The van der Waals surface area contributed by atoms with Crippen LogP contribution in [0, 0.1) is 6.92 Å². The molecule has 0 aliphatic carbocycles. The number of aromatic nitrogens is 4. The van der Waals surface area contributed by atoms with Crippen LogP contribution in [-0.2, 0) is 0 Å². The van der Waals surface area contributed by atoms with Crippen molar-refractivity contribution in [3.8, 4) is 5.69 Å². The first-order chi connectivity index (χ1) is 11.6. The number of rotatable bonds is 5. The summed E-state index contributed by atoms with van der Waals surface area (Å²) in [5.41, 5.74) is 2.65. The van der Waals surface area contributed by atoms with E-state index in [-0.39, 0.29) is 11.0 Å². The summed E-state index contributed by atoms with van der Waals surface area (Å²) in [6, 6.07) is 15.2. The molecule has 1 atom stereocenters. The van der Waals surface area contributed by atoms with Crippen molar-refractivity contribution in [2.75, 3.05) is 0 Å². The first-order valence-electron chi connectivity index (χ1n) is 7.37. The second kappa shape index (κ2) is 7.27. The van der Waals surface area contributed by atoms with Crippen LogP contribution in [0.25, 0.3) is 5.69 Å². The number of Topliss-reactive ketones (excluding diaryl/α,β-unsaturated/α-hetero) is 1. The van der Waals surface area contributed by atoms with E-state index in [0.29, 0.717) is 10.7 Å². The Hall–Kier alpha value is -1.99. The maximum atomic E-state index is 12.6. The number of carbonyl (C=O) groups excluding carboxylic acids is 1. The zero-order chi connectivity index (χ0) is 17.1. The van der Waals surface area contributed by atoms with E-state index in [1.165, 1.54) is 11.8 Å². The van der Waals surface area contributed by atoms with Gasteiger partial charge in [-0.05, 0) is 48.0 Å². The Morgan fingerprint density at radius 3 is 2.58 bits per heavy atom. The Morgan fingerprint density at radius 2 is 1.88 bits per heavy atom. The van der Waals surface area contributed by atoms with Gasteiger partial charge in [-0.2, -0.15) is 4.68 Å². The lowest BCUT2D eigenvalue weighted by Crippen LogP contribution is -2.14. The fraction of sp³-hybridized carbons (Fsp3) is 0.176. The molecule has 5 nitrogen and oxygen atoms in total. The third-order valence-corrected chi connectivity index (χ3v) is 5.13. The lowest BCUT2D eigenvalue weighted by Gasteiger charge is -2.11. The molecule has 0 N–H and O–H groups in total. The van der Waals surface area contributed by atoms with Gasteiger partial charge in [0.15, 0.2) is 5.78 Å². The Balaban J connectivity index is 1.82. The van der Waals surface area contributed by atoms with E-state index in [1.54, 1.807) is 4.68 Å². The molecule has 7 heteroatoms. The van der Waals surface area contributed by atoms with Crippen molar-refractivity contribution in [2.45, 2.75) is 24.3 Å². The smallest absolute Gasteiger partial charge is 0.214 e. The van der Waals surface area contributed by atoms with Gasteiger partial charge >= 0.3 is 0 Å². The summed E-state index contributed by atoms with van der Waals surface area (Å²) in [7, 11) is 0. The number of nitrogens with zero attached hydrogens (tertiary/aromatic N) is 4. The molecule has 0 radical (unpaired) electrons. The molecular weight excluding hydrogens is 388 g/mol. The maximum absolute atomic E-state index is 12.6. The van der Waals surface area contributed by atoms with Crippen molar-refractivity contribution in [3.05, 3.63) is 64.1 Å². The van der Waals surface area contributed by atoms with E-state index < -0.39 is 0 Å². The van der Waals surface area contributed by atoms with Gasteiger partial charge in [-0.1, -0.05) is 58.0 Å². The fourth-order valence-corrected chi connectivity index (χ4v) is 3.41. The number of para-hydroxylation sites is 1. The topological polar surface area (TPSA) is 60.7 Å². The lowest BCUT2D eigenvalue weighted by molar-refractivity contribution is 0.0994. The van der Waals surface area contributed by atoms with Gasteiger partial charge in [0.1, 0.15) is 0 Å². The molecule has 0 unspecified atom stereocenters. The summed E-state index contributed by atoms with van der Waals surface area (Å²) in [6.07, 6.45) is 0. The van der Waals surface area contributed by atoms with Gasteiger partial charge in [0.25, 0.3) is 0 Å². The Labute approximate surface area is 152 Å². The van der Waals surface area contributed by atoms with E-state index in [2.05, 4.69) is 31.5 Å². The summed E-state index contributed by atoms with van der Waals surface area (Å²) in [4.78, 5) is 12.6. The van der Waals surface area contributed by atoms with Crippen molar-refractivity contribution >= 4 is 33.5 Å². The molecule has 0 aliphatic heterocycles. The highest BCUT2D eigenvalue weighted by Crippen LogP contribution is 2.26. The predicted octanol–water partition coefficient (Wildman–Crippen LogP) is 4.10. The zero-order valence-electron chi connectivity index (χ0n) is 13.2. The van der Waals surface area contributed by atoms with E-state index >= 15 is 0 Å². The summed E-state index contributed by atoms with van der Waals surface area (Å²) in [6.45, 7) is 3.87. The molecule has 1 aromatic heterocycles. The highest BCUT2D eigenvalue weighted by Gasteiger charge is 2.20. The molecule has 0 saturated carbocycles. The number of benzene rings is 2. The first kappa shape index (κ1) is 16.9. The summed E-state index contributed by atoms with van der Waals surface area (Å²) < 4.78 is 2.62. The molecule has 0 fully saturated rings. The van der Waals surface area contributed by atoms with E-state index in [1.807, 2.05) is 62.4 Å². The average Bonchev–Trinajstić information content (AvgIpc) is 3.03. The number of carbonyl (C=O) groups is 1. The predicted molar refractivity (Wildman–Crippen MR) is 97.7 cm³/mol. The first-order valence-corrected chi connectivity index (χ1v) is 9.04. The molecule has 0 spiro atoms. The van der Waals surface area contributed by atoms with E-state index in [0.717, 1.165) is 15.7 Å². The third-order valence-electron chi connectivity index (χ3n) is 3.56. The minimum Gasteiger partial charge on any atom is -0.293 e. The number of hydrogen-bond donors (Lipinski definition) is 0. The molecular formula is C17H15BrN4OS. The van der Waals surface area contributed by atoms with Crippen LogP contribution in [0.1, 0.15) is 22.8 Å². The number of hydrogen-bond acceptors (Lipinski definition) is 5. The molecule has 122 valence electrons. The van der Waals surface area contributed by atoms with Crippen molar-refractivity contribution < 1.29 is 4.79 Å². The largest absolute Gasteiger partial charge is 0.293 e. The average molecular weight is 403 g/mol. The van der Waals surface area contributed by atoms with Crippen LogP contribution in [0.5, 0.6) is 0 Å². The van der Waals surface area contributed by atoms with Crippen LogP contribution in [0.15, 0.2) is 58.2 Å². The maximum Gasteiger partial charge on any atom is 0.214 e. The van der Waals surface area contributed by atoms with Crippen LogP contribution in [0.3, 0.4) is 0 Å². The molecule has 0 saturated heterocycles. The Kier molecular flexibility index (Phi) is 5.11. The highest BCUT2D eigenvalue weighted by atomic mass is 79.9. The second-order valence-electron chi connectivity index (χ2n) is 5.29. The number of tetrazole rings is 1. The number of aryl methyl sites for hydroxylation is 1. The van der Waals surface area contributed by atoms with Gasteiger partial charge in [0.2, 0.25) is 5.16 Å². The monoisotopic (exact) mass is 402 g/mol. The minimum atomic E-state index is -0.292. The molecule has 24 heavy (non-hydrogen) atoms. The van der Waals surface area contributed by atoms with Gasteiger partial charge in [-0.25, -0.2) is 0 Å². The quantitative estimate of drug-likeness (QED) is 0.474. The third kappa shape index (κ3) is 3.57. The van der Waals surface area contributed by atoms with Crippen LogP contribution in [0.2, 0.25) is 0 Å². The summed E-state index contributed by atoms with van der Waals surface area (Å²) in [5, 5.41) is 12.2. The molecule has 0 aliphatic rings. The number of ketones is 1. The Morgan fingerprint density at radius 1 is 1.17 bits per heavy atom. The van der Waals surface area contributed by atoms with Crippen molar-refractivity contribution in [1.29, 1.82) is 0 Å². The number of halogens is 1. The van der Waals surface area contributed by atoms with Crippen LogP contribution < -0.4 is 0 Å². The van der Waals surface area contributed by atoms with Gasteiger partial charge in [-0.3, -0.25) is 4.79 Å². The van der Waals surface area contributed by atoms with Crippen LogP contribution in [0.4, 0.5) is 0 Å². The molecule has 2 aromatic carbocycles. The van der Waals surface area contributed by atoms with Crippen molar-refractivity contribution in [1.82, 2.24) is 20.2 Å². The summed E-state index contributed by atoms with van der Waals surface area (Å²) in [5.74, 6) is 0.0480. The highest BCUT2D eigenvalue weighted by molar-refractivity contribution is 9.10. The SMILES string of the molecule is Cc1ccccc1-n1nnnc1S[C@H](C)C(=O)c1ccc(Br)cc1.